The van der Waals surface area contributed by atoms with Crippen molar-refractivity contribution < 1.29 is 18.6 Å². The summed E-state index contributed by atoms with van der Waals surface area (Å²) < 4.78 is 0. The molecule has 0 aromatic carbocycles. The van der Waals surface area contributed by atoms with E-state index in [-0.39, 0.29) is 18.6 Å². The number of nitrogens with zero attached hydrogens (tertiary/aromatic N) is 2. The SMILES string of the molecule is [B]N1C[CH-]C(N(C)C)CC1.[V]. The Kier molecular flexibility index (Phi) is 5.53. The van der Waals surface area contributed by atoms with Crippen molar-refractivity contribution in [2.45, 2.75) is 12.5 Å². The van der Waals surface area contributed by atoms with E-state index in [9.17, 15) is 0 Å². The second kappa shape index (κ2) is 5.26. The second-order valence-electron chi connectivity index (χ2n) is 3.05. The molecule has 0 amide bonds. The van der Waals surface area contributed by atoms with Crippen molar-refractivity contribution in [1.82, 2.24) is 9.71 Å². The minimum Gasteiger partial charge on any atom is -0.381 e. The molecule has 0 aliphatic carbocycles. The average molecular weight is 188 g/mol. The Morgan fingerprint density at radius 1 is 1.55 bits per heavy atom. The molecule has 61 valence electrons. The summed E-state index contributed by atoms with van der Waals surface area (Å²) in [5.41, 5.74) is 0. The van der Waals surface area contributed by atoms with Crippen LogP contribution in [0.4, 0.5) is 0 Å². The van der Waals surface area contributed by atoms with E-state index in [1.807, 2.05) is 4.81 Å². The molecule has 0 bridgehead atoms. The third-order valence-corrected chi connectivity index (χ3v) is 1.99. The zero-order chi connectivity index (χ0) is 7.56. The van der Waals surface area contributed by atoms with Crippen LogP contribution in [-0.2, 0) is 18.6 Å². The molecule has 1 aliphatic rings. The van der Waals surface area contributed by atoms with E-state index in [0.717, 1.165) is 19.5 Å². The first-order chi connectivity index (χ1) is 4.70. The van der Waals surface area contributed by atoms with Crippen LogP contribution in [-0.4, -0.2) is 50.9 Å². The molecule has 2 nitrogen and oxygen atoms in total. The molecule has 1 rings (SSSR count). The molecule has 0 spiro atoms. The maximum atomic E-state index is 5.58. The van der Waals surface area contributed by atoms with Crippen molar-refractivity contribution in [3.05, 3.63) is 6.42 Å². The van der Waals surface area contributed by atoms with E-state index in [1.165, 1.54) is 0 Å². The van der Waals surface area contributed by atoms with Crippen molar-refractivity contribution in [3.63, 3.8) is 0 Å². The average Bonchev–Trinajstić information content (AvgIpc) is 1.88. The van der Waals surface area contributed by atoms with Gasteiger partial charge in [0.15, 0.2) is 7.98 Å². The Labute approximate surface area is 82.6 Å². The summed E-state index contributed by atoms with van der Waals surface area (Å²) in [6.07, 6.45) is 3.41. The monoisotopic (exact) mass is 188 g/mol. The van der Waals surface area contributed by atoms with Gasteiger partial charge in [-0.15, -0.1) is 12.6 Å². The Morgan fingerprint density at radius 3 is 2.55 bits per heavy atom. The molecule has 0 aromatic rings. The third-order valence-electron chi connectivity index (χ3n) is 1.99. The molecule has 1 atom stereocenters. The zero-order valence-electron chi connectivity index (χ0n) is 7.20. The van der Waals surface area contributed by atoms with Gasteiger partial charge in [-0.2, -0.15) is 0 Å². The Morgan fingerprint density at radius 2 is 2.18 bits per heavy atom. The third kappa shape index (κ3) is 3.66. The van der Waals surface area contributed by atoms with Crippen LogP contribution in [0.2, 0.25) is 0 Å². The van der Waals surface area contributed by atoms with Crippen LogP contribution in [0, 0.1) is 6.42 Å². The Balaban J connectivity index is 0.000001000. The van der Waals surface area contributed by atoms with Gasteiger partial charge in [0.25, 0.3) is 0 Å². The van der Waals surface area contributed by atoms with Crippen LogP contribution in [0.5, 0.6) is 0 Å². The fourth-order valence-corrected chi connectivity index (χ4v) is 1.23. The quantitative estimate of drug-likeness (QED) is 0.419. The number of rotatable bonds is 1. The molecule has 11 heavy (non-hydrogen) atoms. The summed E-state index contributed by atoms with van der Waals surface area (Å²) in [6.45, 7) is 1.93. The molecule has 1 saturated heterocycles. The summed E-state index contributed by atoms with van der Waals surface area (Å²) in [5.74, 6) is 0. The van der Waals surface area contributed by atoms with Crippen molar-refractivity contribution >= 4 is 7.98 Å². The van der Waals surface area contributed by atoms with E-state index in [0.29, 0.717) is 6.04 Å². The molecule has 1 aliphatic heterocycles. The van der Waals surface area contributed by atoms with Crippen LogP contribution in [0.15, 0.2) is 0 Å². The van der Waals surface area contributed by atoms with Gasteiger partial charge in [-0.05, 0) is 20.6 Å². The maximum Gasteiger partial charge on any atom is 0.178 e. The van der Waals surface area contributed by atoms with Crippen molar-refractivity contribution in [1.29, 1.82) is 0 Å². The van der Waals surface area contributed by atoms with Gasteiger partial charge in [0.1, 0.15) is 0 Å². The van der Waals surface area contributed by atoms with Gasteiger partial charge in [-0.1, -0.05) is 6.42 Å². The minimum absolute atomic E-state index is 0. The number of hydrogen-bond acceptors (Lipinski definition) is 2. The van der Waals surface area contributed by atoms with E-state index in [4.69, 9.17) is 7.98 Å². The van der Waals surface area contributed by atoms with E-state index < -0.39 is 0 Å². The van der Waals surface area contributed by atoms with Crippen molar-refractivity contribution in [2.75, 3.05) is 27.2 Å². The number of piperidine rings is 1. The van der Waals surface area contributed by atoms with Gasteiger partial charge in [-0.3, -0.25) is 6.42 Å². The first-order valence-electron chi connectivity index (χ1n) is 3.69. The number of hydrogen-bond donors (Lipinski definition) is 0. The smallest absolute Gasteiger partial charge is 0.178 e. The molecule has 1 unspecified atom stereocenters. The topological polar surface area (TPSA) is 6.48 Å². The largest absolute Gasteiger partial charge is 0.381 e. The van der Waals surface area contributed by atoms with Gasteiger partial charge >= 0.3 is 0 Å². The zero-order valence-corrected chi connectivity index (χ0v) is 8.59. The maximum absolute atomic E-state index is 5.58. The predicted molar refractivity (Wildman–Crippen MR) is 43.7 cm³/mol. The fraction of sp³-hybridized carbons (Fsp3) is 0.857. The van der Waals surface area contributed by atoms with Gasteiger partial charge in [0.05, 0.1) is 0 Å². The summed E-state index contributed by atoms with van der Waals surface area (Å²) in [4.78, 5) is 4.08. The van der Waals surface area contributed by atoms with Crippen LogP contribution >= 0.6 is 0 Å². The molecule has 1 heterocycles. The first kappa shape index (κ1) is 11.6. The summed E-state index contributed by atoms with van der Waals surface area (Å²) in [5, 5.41) is 0. The predicted octanol–water partition coefficient (Wildman–Crippen LogP) is -0.0924. The Hall–Kier alpha value is 0.569. The first-order valence-corrected chi connectivity index (χ1v) is 3.69. The standard InChI is InChI=1S/C7H14BN2.V/c1-9(2)7-3-5-10(8)6-4-7;/h3,7H,4-6H2,1-2H3;/q-1;. The molecule has 3 radical (unpaired) electrons. The van der Waals surface area contributed by atoms with Gasteiger partial charge in [0.2, 0.25) is 0 Å². The molecular weight excluding hydrogens is 174 g/mol. The van der Waals surface area contributed by atoms with Crippen LogP contribution in [0.3, 0.4) is 0 Å². The van der Waals surface area contributed by atoms with Gasteiger partial charge in [-0.25, -0.2) is 0 Å². The summed E-state index contributed by atoms with van der Waals surface area (Å²) in [7, 11) is 9.79. The van der Waals surface area contributed by atoms with Crippen LogP contribution < -0.4 is 0 Å². The van der Waals surface area contributed by atoms with Crippen LogP contribution in [0.25, 0.3) is 0 Å². The molecular formula is C7H14BN2V-. The van der Waals surface area contributed by atoms with Crippen molar-refractivity contribution in [3.8, 4) is 0 Å². The molecule has 4 heteroatoms. The minimum atomic E-state index is 0. The van der Waals surface area contributed by atoms with E-state index in [1.54, 1.807) is 0 Å². The van der Waals surface area contributed by atoms with E-state index in [2.05, 4.69) is 25.4 Å². The Bertz CT molecular complexity index is 103. The molecule has 0 N–H and O–H groups in total. The van der Waals surface area contributed by atoms with Crippen molar-refractivity contribution in [2.24, 2.45) is 0 Å². The van der Waals surface area contributed by atoms with Gasteiger partial charge in [0, 0.05) is 18.6 Å². The summed E-state index contributed by atoms with van der Waals surface area (Å²) >= 11 is 0. The van der Waals surface area contributed by atoms with Crippen LogP contribution in [0.1, 0.15) is 6.42 Å². The molecule has 0 saturated carbocycles. The molecule has 0 aromatic heterocycles. The van der Waals surface area contributed by atoms with E-state index >= 15 is 0 Å². The second-order valence-corrected chi connectivity index (χ2v) is 3.05. The fourth-order valence-electron chi connectivity index (χ4n) is 1.23. The normalized spacial score (nSPS) is 26.6. The van der Waals surface area contributed by atoms with Gasteiger partial charge < -0.3 is 9.71 Å². The molecule has 1 fully saturated rings. The summed E-state index contributed by atoms with van der Waals surface area (Å²) in [6, 6.07) is 0.625.